The first-order valence-corrected chi connectivity index (χ1v) is 4.92. The summed E-state index contributed by atoms with van der Waals surface area (Å²) in [5.41, 5.74) is 0.297. The lowest BCUT2D eigenvalue weighted by atomic mass is 10.0. The van der Waals surface area contributed by atoms with Crippen molar-refractivity contribution in [2.75, 3.05) is 0 Å². The van der Waals surface area contributed by atoms with Crippen LogP contribution in [0.1, 0.15) is 16.7 Å². The molecule has 1 radical (unpaired) electrons. The number of halogens is 6. The Morgan fingerprint density at radius 2 is 1.32 bits per heavy atom. The predicted octanol–water partition coefficient (Wildman–Crippen LogP) is 3.56. The summed E-state index contributed by atoms with van der Waals surface area (Å²) in [4.78, 5) is 0. The van der Waals surface area contributed by atoms with Crippen LogP contribution < -0.4 is 5.43 Å². The van der Waals surface area contributed by atoms with Gasteiger partial charge in [0, 0.05) is 5.56 Å². The van der Waals surface area contributed by atoms with E-state index in [1.165, 1.54) is 12.3 Å². The minimum absolute atomic E-state index is 0.0448. The molecular weight excluding hydrogens is 274 g/mol. The zero-order valence-corrected chi connectivity index (χ0v) is 9.05. The molecule has 0 saturated heterocycles. The lowest BCUT2D eigenvalue weighted by Crippen LogP contribution is -2.13. The molecule has 0 aromatic heterocycles. The maximum atomic E-state index is 12.6. The van der Waals surface area contributed by atoms with Crippen LogP contribution >= 0.6 is 0 Å². The first kappa shape index (κ1) is 13.4. The van der Waals surface area contributed by atoms with Crippen molar-refractivity contribution in [2.45, 2.75) is 12.4 Å². The average molecular weight is 279 g/mol. The Bertz CT molecular complexity index is 521. The molecule has 1 aromatic carbocycles. The number of nitrogens with zero attached hydrogens (tertiary/aromatic N) is 2. The fourth-order valence-electron chi connectivity index (χ4n) is 1.49. The molecule has 0 aliphatic carbocycles. The Balaban J connectivity index is 2.59. The van der Waals surface area contributed by atoms with Crippen molar-refractivity contribution in [1.29, 1.82) is 0 Å². The van der Waals surface area contributed by atoms with Crippen molar-refractivity contribution in [3.8, 4) is 0 Å². The minimum Gasteiger partial charge on any atom is -0.166 e. The number of allylic oxidation sites excluding steroid dienone is 1. The SMILES string of the molecule is FC(F)(F)c1cc(C2=N[N]C=C2)cc(C(F)(F)F)c1. The van der Waals surface area contributed by atoms with Crippen LogP contribution in [0.2, 0.25) is 0 Å². The molecule has 1 aliphatic rings. The molecule has 101 valence electrons. The molecule has 1 aliphatic heterocycles. The quantitative estimate of drug-likeness (QED) is 0.703. The summed E-state index contributed by atoms with van der Waals surface area (Å²) in [6.07, 6.45) is -7.31. The van der Waals surface area contributed by atoms with Crippen LogP contribution in [0.5, 0.6) is 0 Å². The number of alkyl halides is 6. The van der Waals surface area contributed by atoms with Gasteiger partial charge in [-0.3, -0.25) is 0 Å². The first-order valence-electron chi connectivity index (χ1n) is 4.92. The number of hydrogen-bond donors (Lipinski definition) is 0. The normalized spacial score (nSPS) is 15.4. The minimum atomic E-state index is -4.87. The van der Waals surface area contributed by atoms with Gasteiger partial charge in [-0.15, -0.1) is 0 Å². The molecule has 0 unspecified atom stereocenters. The van der Waals surface area contributed by atoms with Crippen LogP contribution in [0.4, 0.5) is 26.3 Å². The van der Waals surface area contributed by atoms with Crippen molar-refractivity contribution in [2.24, 2.45) is 5.10 Å². The topological polar surface area (TPSA) is 26.5 Å². The molecule has 0 fully saturated rings. The summed E-state index contributed by atoms with van der Waals surface area (Å²) >= 11 is 0. The van der Waals surface area contributed by atoms with E-state index in [2.05, 4.69) is 10.5 Å². The summed E-state index contributed by atoms with van der Waals surface area (Å²) < 4.78 is 75.4. The Hall–Kier alpha value is -1.99. The van der Waals surface area contributed by atoms with E-state index in [9.17, 15) is 26.3 Å². The van der Waals surface area contributed by atoms with Gasteiger partial charge in [0.15, 0.2) is 0 Å². The molecule has 0 N–H and O–H groups in total. The van der Waals surface area contributed by atoms with Gasteiger partial charge in [-0.2, -0.15) is 36.9 Å². The van der Waals surface area contributed by atoms with E-state index in [0.717, 1.165) is 0 Å². The molecule has 2 nitrogen and oxygen atoms in total. The van der Waals surface area contributed by atoms with Crippen LogP contribution in [0, 0.1) is 0 Å². The smallest absolute Gasteiger partial charge is 0.166 e. The van der Waals surface area contributed by atoms with Crippen LogP contribution in [0.3, 0.4) is 0 Å². The molecular formula is C11H5F6N2. The second-order valence-electron chi connectivity index (χ2n) is 3.71. The molecule has 1 heterocycles. The van der Waals surface area contributed by atoms with E-state index in [1.54, 1.807) is 0 Å². The van der Waals surface area contributed by atoms with Gasteiger partial charge in [0.25, 0.3) is 0 Å². The van der Waals surface area contributed by atoms with Gasteiger partial charge in [-0.05, 0) is 24.3 Å². The lowest BCUT2D eigenvalue weighted by Gasteiger charge is -2.13. The van der Waals surface area contributed by atoms with Crippen molar-refractivity contribution in [3.63, 3.8) is 0 Å². The van der Waals surface area contributed by atoms with Crippen LogP contribution in [0.15, 0.2) is 35.6 Å². The third kappa shape index (κ3) is 2.88. The van der Waals surface area contributed by atoms with E-state index in [0.29, 0.717) is 12.1 Å². The second kappa shape index (κ2) is 4.29. The summed E-state index contributed by atoms with van der Waals surface area (Å²) in [5, 5.41) is 3.45. The third-order valence-corrected chi connectivity index (χ3v) is 2.35. The Morgan fingerprint density at radius 3 is 1.68 bits per heavy atom. The molecule has 0 saturated carbocycles. The highest BCUT2D eigenvalue weighted by Crippen LogP contribution is 2.36. The van der Waals surface area contributed by atoms with Crippen molar-refractivity contribution in [1.82, 2.24) is 5.43 Å². The summed E-state index contributed by atoms with van der Waals surface area (Å²) in [7, 11) is 0. The molecule has 0 bridgehead atoms. The highest BCUT2D eigenvalue weighted by molar-refractivity contribution is 6.09. The van der Waals surface area contributed by atoms with Crippen LogP contribution in [-0.2, 0) is 12.4 Å². The van der Waals surface area contributed by atoms with E-state index >= 15 is 0 Å². The predicted molar refractivity (Wildman–Crippen MR) is 54.3 cm³/mol. The highest BCUT2D eigenvalue weighted by atomic mass is 19.4. The van der Waals surface area contributed by atoms with Gasteiger partial charge in [0.05, 0.1) is 23.0 Å². The van der Waals surface area contributed by atoms with Gasteiger partial charge in [0.2, 0.25) is 0 Å². The number of benzene rings is 1. The first-order chi connectivity index (χ1) is 8.68. The van der Waals surface area contributed by atoms with E-state index in [1.807, 2.05) is 0 Å². The van der Waals surface area contributed by atoms with Gasteiger partial charge < -0.3 is 0 Å². The Labute approximate surface area is 103 Å². The molecule has 0 amide bonds. The zero-order valence-electron chi connectivity index (χ0n) is 9.05. The summed E-state index contributed by atoms with van der Waals surface area (Å²) in [6.45, 7) is 0. The van der Waals surface area contributed by atoms with Crippen molar-refractivity contribution >= 4 is 5.71 Å². The molecule has 1 aromatic rings. The Kier molecular flexibility index (Phi) is 3.03. The largest absolute Gasteiger partial charge is 0.416 e. The van der Waals surface area contributed by atoms with Gasteiger partial charge >= 0.3 is 12.4 Å². The van der Waals surface area contributed by atoms with Gasteiger partial charge in [0.1, 0.15) is 0 Å². The highest BCUT2D eigenvalue weighted by Gasteiger charge is 2.37. The molecule has 19 heavy (non-hydrogen) atoms. The Morgan fingerprint density at radius 1 is 0.789 bits per heavy atom. The number of rotatable bonds is 1. The summed E-state index contributed by atoms with van der Waals surface area (Å²) in [5.74, 6) is 0. The van der Waals surface area contributed by atoms with Crippen molar-refractivity contribution in [3.05, 3.63) is 47.2 Å². The maximum absolute atomic E-state index is 12.6. The van der Waals surface area contributed by atoms with E-state index in [4.69, 9.17) is 0 Å². The summed E-state index contributed by atoms with van der Waals surface area (Å²) in [6, 6.07) is 1.29. The average Bonchev–Trinajstić information content (AvgIpc) is 2.79. The number of hydrogen-bond acceptors (Lipinski definition) is 1. The van der Waals surface area contributed by atoms with Gasteiger partial charge in [-0.1, -0.05) is 0 Å². The second-order valence-corrected chi connectivity index (χ2v) is 3.71. The van der Waals surface area contributed by atoms with Crippen LogP contribution in [0.25, 0.3) is 0 Å². The third-order valence-electron chi connectivity index (χ3n) is 2.35. The standard InChI is InChI=1S/C11H5F6N2/c12-10(13,14)7-3-6(9-1-2-18-19-9)4-8(5-7)11(15,16)17/h1-5H. The van der Waals surface area contributed by atoms with Gasteiger partial charge in [-0.25, -0.2) is 0 Å². The molecule has 0 atom stereocenters. The fourth-order valence-corrected chi connectivity index (χ4v) is 1.49. The maximum Gasteiger partial charge on any atom is 0.416 e. The zero-order chi connectivity index (χ0) is 14.3. The monoisotopic (exact) mass is 279 g/mol. The lowest BCUT2D eigenvalue weighted by molar-refractivity contribution is -0.143. The van der Waals surface area contributed by atoms with E-state index < -0.39 is 23.5 Å². The molecule has 8 heteroatoms. The molecule has 0 spiro atoms. The fraction of sp³-hybridized carbons (Fsp3) is 0.182. The van der Waals surface area contributed by atoms with Crippen molar-refractivity contribution < 1.29 is 26.3 Å². The van der Waals surface area contributed by atoms with E-state index in [-0.39, 0.29) is 17.3 Å². The molecule has 2 rings (SSSR count). The van der Waals surface area contributed by atoms with Crippen LogP contribution in [-0.4, -0.2) is 5.71 Å².